The number of amides is 1. The van der Waals surface area contributed by atoms with Gasteiger partial charge in [0, 0.05) is 21.4 Å². The molecule has 1 heterocycles. The molecule has 0 radical (unpaired) electrons. The molecule has 0 aliphatic carbocycles. The molecule has 1 aromatic carbocycles. The first kappa shape index (κ1) is 22.4. The van der Waals surface area contributed by atoms with Gasteiger partial charge in [-0.1, -0.05) is 15.9 Å². The van der Waals surface area contributed by atoms with Crippen LogP contribution in [-0.2, 0) is 14.3 Å². The molecule has 1 amide bonds. The Morgan fingerprint density at radius 2 is 1.62 bits per heavy atom. The molecule has 2 rings (SSSR count). The summed E-state index contributed by atoms with van der Waals surface area (Å²) < 4.78 is 10.8. The predicted molar refractivity (Wildman–Crippen MR) is 108 cm³/mol. The van der Waals surface area contributed by atoms with Gasteiger partial charge in [-0.3, -0.25) is 14.4 Å². The number of carbonyl (C=O) groups excluding carboxylic acids is 4. The summed E-state index contributed by atoms with van der Waals surface area (Å²) in [6.45, 7) is 4.18. The number of H-pyrrole nitrogens is 1. The van der Waals surface area contributed by atoms with Crippen molar-refractivity contribution in [2.45, 2.75) is 20.8 Å². The van der Waals surface area contributed by atoms with E-state index in [2.05, 4.69) is 26.2 Å². The topological polar surface area (TPSA) is 115 Å². The van der Waals surface area contributed by atoms with Crippen LogP contribution in [0.25, 0.3) is 0 Å². The Morgan fingerprint density at radius 1 is 1.00 bits per heavy atom. The Balaban J connectivity index is 1.93. The molecule has 0 spiro atoms. The maximum atomic E-state index is 12.5. The lowest BCUT2D eigenvalue weighted by molar-refractivity contribution is -0.141. The Kier molecular flexibility index (Phi) is 7.72. The molecule has 154 valence electrons. The van der Waals surface area contributed by atoms with E-state index in [-0.39, 0.29) is 17.7 Å². The number of Topliss-reactive ketones (excluding diaryl/α,β-unsaturated/α-hetero) is 1. The number of halogens is 1. The van der Waals surface area contributed by atoms with Crippen molar-refractivity contribution in [1.82, 2.24) is 10.3 Å². The molecular weight excluding hydrogens is 444 g/mol. The van der Waals surface area contributed by atoms with E-state index in [1.165, 1.54) is 0 Å². The third kappa shape index (κ3) is 5.77. The summed E-state index contributed by atoms with van der Waals surface area (Å²) in [6.07, 6.45) is 0. The summed E-state index contributed by atoms with van der Waals surface area (Å²) >= 11 is 3.27. The van der Waals surface area contributed by atoms with Crippen LogP contribution in [0.2, 0.25) is 0 Å². The first-order valence-electron chi connectivity index (χ1n) is 8.83. The fourth-order valence-electron chi connectivity index (χ4n) is 2.71. The molecular formula is C20H21BrN2O6. The quantitative estimate of drug-likeness (QED) is 0.458. The zero-order chi connectivity index (χ0) is 21.6. The summed E-state index contributed by atoms with van der Waals surface area (Å²) in [4.78, 5) is 51.4. The van der Waals surface area contributed by atoms with Crippen LogP contribution >= 0.6 is 15.9 Å². The molecule has 0 unspecified atom stereocenters. The fraction of sp³-hybridized carbons (Fsp3) is 0.300. The molecule has 0 saturated carbocycles. The summed E-state index contributed by atoms with van der Waals surface area (Å²) in [5, 5.41) is 2.42. The smallest absolute Gasteiger partial charge is 0.340 e. The third-order valence-electron chi connectivity index (χ3n) is 4.00. The van der Waals surface area contributed by atoms with Crippen molar-refractivity contribution in [3.63, 3.8) is 0 Å². The highest BCUT2D eigenvalue weighted by Gasteiger charge is 2.26. The van der Waals surface area contributed by atoms with Gasteiger partial charge in [-0.25, -0.2) is 4.79 Å². The van der Waals surface area contributed by atoms with Gasteiger partial charge in [-0.15, -0.1) is 0 Å². The van der Waals surface area contributed by atoms with Crippen LogP contribution in [0.3, 0.4) is 0 Å². The number of carbonyl (C=O) groups is 4. The summed E-state index contributed by atoms with van der Waals surface area (Å²) in [5.74, 6) is -2.37. The molecule has 0 atom stereocenters. The van der Waals surface area contributed by atoms with E-state index in [9.17, 15) is 19.2 Å². The highest BCUT2D eigenvalue weighted by molar-refractivity contribution is 9.10. The molecule has 0 aliphatic heterocycles. The van der Waals surface area contributed by atoms with Crippen LogP contribution in [-0.4, -0.2) is 48.4 Å². The van der Waals surface area contributed by atoms with Crippen LogP contribution in [0.15, 0.2) is 28.7 Å². The Labute approximate surface area is 176 Å². The minimum Gasteiger partial charge on any atom is -0.462 e. The molecule has 0 aliphatic rings. The second-order valence-electron chi connectivity index (χ2n) is 6.12. The SMILES string of the molecule is CCOC(=O)c1c(C)[nH]c(C)c1C(=O)COC(=O)CNC(=O)c1ccc(Br)cc1. The van der Waals surface area contributed by atoms with Crippen molar-refractivity contribution >= 4 is 39.6 Å². The monoisotopic (exact) mass is 464 g/mol. The number of ether oxygens (including phenoxy) is 2. The van der Waals surface area contributed by atoms with Gasteiger partial charge in [0.05, 0.1) is 17.7 Å². The Morgan fingerprint density at radius 3 is 2.24 bits per heavy atom. The second-order valence-corrected chi connectivity index (χ2v) is 7.03. The van der Waals surface area contributed by atoms with Crippen molar-refractivity contribution in [3.8, 4) is 0 Å². The lowest BCUT2D eigenvalue weighted by Gasteiger charge is -2.08. The summed E-state index contributed by atoms with van der Waals surface area (Å²) in [5.41, 5.74) is 1.63. The number of nitrogens with one attached hydrogen (secondary N) is 2. The fourth-order valence-corrected chi connectivity index (χ4v) is 2.98. The van der Waals surface area contributed by atoms with Gasteiger partial charge < -0.3 is 19.8 Å². The van der Waals surface area contributed by atoms with Gasteiger partial charge in [0.15, 0.2) is 6.61 Å². The van der Waals surface area contributed by atoms with E-state index >= 15 is 0 Å². The average Bonchev–Trinajstić information content (AvgIpc) is 2.98. The number of aryl methyl sites for hydroxylation is 2. The highest BCUT2D eigenvalue weighted by atomic mass is 79.9. The molecule has 1 aromatic heterocycles. The summed E-state index contributed by atoms with van der Waals surface area (Å²) in [7, 11) is 0. The molecule has 29 heavy (non-hydrogen) atoms. The number of esters is 2. The van der Waals surface area contributed by atoms with Gasteiger partial charge >= 0.3 is 11.9 Å². The van der Waals surface area contributed by atoms with E-state index < -0.39 is 36.8 Å². The van der Waals surface area contributed by atoms with Crippen LogP contribution in [0.4, 0.5) is 0 Å². The van der Waals surface area contributed by atoms with Crippen molar-refractivity contribution in [2.24, 2.45) is 0 Å². The minimum absolute atomic E-state index is 0.132. The highest BCUT2D eigenvalue weighted by Crippen LogP contribution is 2.20. The van der Waals surface area contributed by atoms with E-state index in [1.807, 2.05) is 0 Å². The van der Waals surface area contributed by atoms with E-state index in [1.54, 1.807) is 45.0 Å². The largest absolute Gasteiger partial charge is 0.462 e. The lowest BCUT2D eigenvalue weighted by atomic mass is 10.1. The van der Waals surface area contributed by atoms with Gasteiger partial charge in [0.25, 0.3) is 5.91 Å². The Bertz CT molecular complexity index is 933. The van der Waals surface area contributed by atoms with Crippen LogP contribution < -0.4 is 5.32 Å². The van der Waals surface area contributed by atoms with E-state index in [4.69, 9.17) is 9.47 Å². The third-order valence-corrected chi connectivity index (χ3v) is 4.53. The maximum absolute atomic E-state index is 12.5. The number of ketones is 1. The number of benzene rings is 1. The number of aromatic amines is 1. The maximum Gasteiger partial charge on any atom is 0.340 e. The van der Waals surface area contributed by atoms with Gasteiger partial charge in [0.1, 0.15) is 6.54 Å². The molecule has 0 bridgehead atoms. The number of rotatable bonds is 8. The first-order chi connectivity index (χ1) is 13.7. The van der Waals surface area contributed by atoms with Crippen molar-refractivity contribution in [2.75, 3.05) is 19.8 Å². The van der Waals surface area contributed by atoms with Gasteiger partial charge in [-0.05, 0) is 45.0 Å². The standard InChI is InChI=1S/C20H21BrN2O6/c1-4-28-20(27)18-12(3)23-11(2)17(18)15(24)10-29-16(25)9-22-19(26)13-5-7-14(21)8-6-13/h5-8,23H,4,9-10H2,1-3H3,(H,22,26). The molecule has 2 N–H and O–H groups in total. The minimum atomic E-state index is -0.772. The first-order valence-corrected chi connectivity index (χ1v) is 9.62. The molecule has 0 saturated heterocycles. The second kappa shape index (κ2) is 10.0. The molecule has 9 heteroatoms. The normalized spacial score (nSPS) is 10.3. The van der Waals surface area contributed by atoms with E-state index in [0.29, 0.717) is 17.0 Å². The predicted octanol–water partition coefficient (Wildman–Crippen LogP) is 2.73. The average molecular weight is 465 g/mol. The number of hydrogen-bond donors (Lipinski definition) is 2. The zero-order valence-corrected chi connectivity index (χ0v) is 17.8. The van der Waals surface area contributed by atoms with Crippen molar-refractivity contribution in [3.05, 3.63) is 56.8 Å². The molecule has 2 aromatic rings. The molecule has 8 nitrogen and oxygen atoms in total. The van der Waals surface area contributed by atoms with Crippen molar-refractivity contribution < 1.29 is 28.7 Å². The lowest BCUT2D eigenvalue weighted by Crippen LogP contribution is -2.31. The zero-order valence-electron chi connectivity index (χ0n) is 16.3. The Hall–Kier alpha value is -2.94. The van der Waals surface area contributed by atoms with Crippen LogP contribution in [0.1, 0.15) is 49.4 Å². The van der Waals surface area contributed by atoms with Gasteiger partial charge in [-0.2, -0.15) is 0 Å². The van der Waals surface area contributed by atoms with Crippen LogP contribution in [0, 0.1) is 13.8 Å². The van der Waals surface area contributed by atoms with E-state index in [0.717, 1.165) is 4.47 Å². The number of aromatic nitrogens is 1. The molecule has 0 fully saturated rings. The van der Waals surface area contributed by atoms with Crippen LogP contribution in [0.5, 0.6) is 0 Å². The van der Waals surface area contributed by atoms with Crippen molar-refractivity contribution in [1.29, 1.82) is 0 Å². The summed E-state index contributed by atoms with van der Waals surface area (Å²) in [6, 6.07) is 6.60. The van der Waals surface area contributed by atoms with Gasteiger partial charge in [0.2, 0.25) is 5.78 Å². The number of hydrogen-bond acceptors (Lipinski definition) is 6.